The fourth-order valence-corrected chi connectivity index (χ4v) is 4.67. The van der Waals surface area contributed by atoms with Gasteiger partial charge in [-0.05, 0) is 67.6 Å². The van der Waals surface area contributed by atoms with Crippen LogP contribution in [0.15, 0.2) is 71.4 Å². The lowest BCUT2D eigenvalue weighted by Crippen LogP contribution is -2.06. The van der Waals surface area contributed by atoms with Gasteiger partial charge in [0.2, 0.25) is 0 Å². The minimum atomic E-state index is -0.0318. The van der Waals surface area contributed by atoms with Gasteiger partial charge in [-0.1, -0.05) is 41.6 Å². The van der Waals surface area contributed by atoms with Gasteiger partial charge in [0.25, 0.3) is 0 Å². The Balaban J connectivity index is 1.65. The van der Waals surface area contributed by atoms with Crippen molar-refractivity contribution in [1.82, 2.24) is 20.1 Å². The van der Waals surface area contributed by atoms with Gasteiger partial charge >= 0.3 is 0 Å². The number of H-pyrrole nitrogens is 1. The maximum absolute atomic E-state index is 5.50. The summed E-state index contributed by atoms with van der Waals surface area (Å²) in [4.78, 5) is 13.5. The van der Waals surface area contributed by atoms with Crippen LogP contribution >= 0.6 is 0 Å². The lowest BCUT2D eigenvalue weighted by molar-refractivity contribution is 0.393. The molecule has 5 heteroatoms. The van der Waals surface area contributed by atoms with Gasteiger partial charge in [-0.25, -0.2) is 4.98 Å². The number of aromatic nitrogens is 4. The number of benzene rings is 2. The number of rotatable bonds is 5. The molecule has 1 N–H and O–H groups in total. The number of fused-ring (bicyclic) bond motifs is 1. The molecule has 0 spiro atoms. The third kappa shape index (κ3) is 3.21. The van der Waals surface area contributed by atoms with Crippen molar-refractivity contribution < 1.29 is 4.52 Å². The highest BCUT2D eigenvalue weighted by atomic mass is 16.5. The molecule has 32 heavy (non-hydrogen) atoms. The van der Waals surface area contributed by atoms with E-state index >= 15 is 0 Å². The molecule has 6 rings (SSSR count). The predicted molar refractivity (Wildman–Crippen MR) is 125 cm³/mol. The van der Waals surface area contributed by atoms with Gasteiger partial charge in [0, 0.05) is 17.7 Å². The number of hydrogen-bond acceptors (Lipinski definition) is 4. The largest absolute Gasteiger partial charge is 0.361 e. The summed E-state index contributed by atoms with van der Waals surface area (Å²) in [6.07, 6.45) is 4.27. The Bertz CT molecular complexity index is 1340. The first-order valence-corrected chi connectivity index (χ1v) is 11.1. The van der Waals surface area contributed by atoms with Crippen LogP contribution in [0, 0.1) is 13.8 Å². The maximum Gasteiger partial charge on any atom is 0.141 e. The van der Waals surface area contributed by atoms with E-state index in [2.05, 4.69) is 58.7 Å². The molecule has 3 aromatic heterocycles. The van der Waals surface area contributed by atoms with Crippen LogP contribution in [-0.2, 0) is 0 Å². The summed E-state index contributed by atoms with van der Waals surface area (Å²) < 4.78 is 5.50. The van der Waals surface area contributed by atoms with Gasteiger partial charge in [-0.15, -0.1) is 0 Å². The number of pyridine rings is 1. The molecule has 158 valence electrons. The molecular formula is C27H24N4O. The monoisotopic (exact) mass is 420 g/mol. The molecule has 2 aromatic carbocycles. The first-order chi connectivity index (χ1) is 15.7. The highest BCUT2D eigenvalue weighted by Gasteiger charge is 2.29. The molecular weight excluding hydrogens is 396 g/mol. The molecule has 0 radical (unpaired) electrons. The molecule has 1 aliphatic carbocycles. The van der Waals surface area contributed by atoms with E-state index < -0.39 is 0 Å². The molecule has 5 aromatic rings. The van der Waals surface area contributed by atoms with Crippen molar-refractivity contribution >= 4 is 11.0 Å². The molecule has 1 atom stereocenters. The minimum absolute atomic E-state index is 0.0318. The molecule has 5 nitrogen and oxygen atoms in total. The zero-order chi connectivity index (χ0) is 21.7. The Morgan fingerprint density at radius 1 is 1.00 bits per heavy atom. The molecule has 1 unspecified atom stereocenters. The number of nitrogens with zero attached hydrogens (tertiary/aromatic N) is 3. The Labute approximate surface area is 186 Å². The summed E-state index contributed by atoms with van der Waals surface area (Å²) in [5.41, 5.74) is 8.44. The fraction of sp³-hybridized carbons (Fsp3) is 0.222. The van der Waals surface area contributed by atoms with Crippen molar-refractivity contribution in [3.05, 3.63) is 101 Å². The van der Waals surface area contributed by atoms with Crippen LogP contribution in [0.4, 0.5) is 0 Å². The van der Waals surface area contributed by atoms with Gasteiger partial charge in [-0.3, -0.25) is 4.98 Å². The Morgan fingerprint density at radius 2 is 1.81 bits per heavy atom. The standard InChI is InChI=1S/C27H24N4O/c1-16-24(17(2)32-31-16)20-14-21(26-23(15-20)29-27(30-26)19-11-12-19)25(18-8-4-3-5-9-18)22-10-6-7-13-28-22/h3-10,13-15,19,25H,11-12H2,1-2H3,(H,29,30). The van der Waals surface area contributed by atoms with E-state index in [9.17, 15) is 0 Å². The zero-order valence-electron chi connectivity index (χ0n) is 18.2. The summed E-state index contributed by atoms with van der Waals surface area (Å²) in [7, 11) is 0. The predicted octanol–water partition coefficient (Wildman–Crippen LogP) is 6.29. The summed E-state index contributed by atoms with van der Waals surface area (Å²) in [6.45, 7) is 3.96. The second-order valence-corrected chi connectivity index (χ2v) is 8.66. The van der Waals surface area contributed by atoms with Crippen molar-refractivity contribution in [2.24, 2.45) is 0 Å². The highest BCUT2D eigenvalue weighted by molar-refractivity contribution is 5.87. The first kappa shape index (κ1) is 19.0. The topological polar surface area (TPSA) is 67.6 Å². The summed E-state index contributed by atoms with van der Waals surface area (Å²) in [5.74, 6) is 2.42. The quantitative estimate of drug-likeness (QED) is 0.363. The van der Waals surface area contributed by atoms with Gasteiger partial charge < -0.3 is 9.51 Å². The van der Waals surface area contributed by atoms with Crippen molar-refractivity contribution in [1.29, 1.82) is 0 Å². The SMILES string of the molecule is Cc1noc(C)c1-c1cc(C(c2ccccc2)c2ccccn2)c2nc(C3CC3)[nH]c2c1. The molecule has 0 bridgehead atoms. The molecule has 0 saturated heterocycles. The summed E-state index contributed by atoms with van der Waals surface area (Å²) >= 11 is 0. The zero-order valence-corrected chi connectivity index (χ0v) is 18.2. The fourth-order valence-electron chi connectivity index (χ4n) is 4.67. The van der Waals surface area contributed by atoms with Crippen molar-refractivity contribution in [3.63, 3.8) is 0 Å². The third-order valence-corrected chi connectivity index (χ3v) is 6.35. The Kier molecular flexibility index (Phi) is 4.42. The van der Waals surface area contributed by atoms with E-state index in [0.717, 1.165) is 50.7 Å². The van der Waals surface area contributed by atoms with E-state index in [0.29, 0.717) is 5.92 Å². The average molecular weight is 421 g/mol. The molecule has 1 aliphatic rings. The van der Waals surface area contributed by atoms with E-state index in [-0.39, 0.29) is 5.92 Å². The Hall–Kier alpha value is -3.73. The number of aryl methyl sites for hydroxylation is 2. The van der Waals surface area contributed by atoms with Gasteiger partial charge in [-0.2, -0.15) is 0 Å². The lowest BCUT2D eigenvalue weighted by Gasteiger charge is -2.19. The number of imidazole rings is 1. The second kappa shape index (κ2) is 7.45. The van der Waals surface area contributed by atoms with Gasteiger partial charge in [0.15, 0.2) is 0 Å². The maximum atomic E-state index is 5.50. The van der Waals surface area contributed by atoms with Crippen molar-refractivity contribution in [2.75, 3.05) is 0 Å². The second-order valence-electron chi connectivity index (χ2n) is 8.66. The van der Waals surface area contributed by atoms with E-state index in [1.165, 1.54) is 18.4 Å². The molecule has 1 saturated carbocycles. The van der Waals surface area contributed by atoms with Crippen LogP contribution in [0.3, 0.4) is 0 Å². The summed E-state index contributed by atoms with van der Waals surface area (Å²) in [5, 5.41) is 4.19. The third-order valence-electron chi connectivity index (χ3n) is 6.35. The molecule has 3 heterocycles. The van der Waals surface area contributed by atoms with Crippen LogP contribution in [-0.4, -0.2) is 20.1 Å². The van der Waals surface area contributed by atoms with E-state index in [1.807, 2.05) is 32.2 Å². The number of hydrogen-bond donors (Lipinski definition) is 1. The highest BCUT2D eigenvalue weighted by Crippen LogP contribution is 2.42. The van der Waals surface area contributed by atoms with Crippen LogP contribution < -0.4 is 0 Å². The van der Waals surface area contributed by atoms with Gasteiger partial charge in [0.05, 0.1) is 28.3 Å². The van der Waals surface area contributed by atoms with Gasteiger partial charge in [0.1, 0.15) is 11.6 Å². The average Bonchev–Trinajstić information content (AvgIpc) is 3.49. The molecule has 1 fully saturated rings. The Morgan fingerprint density at radius 3 is 2.50 bits per heavy atom. The lowest BCUT2D eigenvalue weighted by atomic mass is 9.85. The van der Waals surface area contributed by atoms with Crippen molar-refractivity contribution in [2.45, 2.75) is 38.5 Å². The van der Waals surface area contributed by atoms with E-state index in [1.54, 1.807) is 0 Å². The molecule has 0 amide bonds. The van der Waals surface area contributed by atoms with Crippen LogP contribution in [0.5, 0.6) is 0 Å². The molecule has 0 aliphatic heterocycles. The van der Waals surface area contributed by atoms with Crippen LogP contribution in [0.2, 0.25) is 0 Å². The van der Waals surface area contributed by atoms with Crippen LogP contribution in [0.25, 0.3) is 22.2 Å². The first-order valence-electron chi connectivity index (χ1n) is 11.1. The smallest absolute Gasteiger partial charge is 0.141 e. The van der Waals surface area contributed by atoms with E-state index in [4.69, 9.17) is 14.5 Å². The summed E-state index contributed by atoms with van der Waals surface area (Å²) in [6, 6.07) is 21.1. The minimum Gasteiger partial charge on any atom is -0.361 e. The number of aromatic amines is 1. The van der Waals surface area contributed by atoms with Crippen molar-refractivity contribution in [3.8, 4) is 11.1 Å². The van der Waals surface area contributed by atoms with Crippen LogP contribution in [0.1, 0.15) is 58.8 Å². The number of nitrogens with one attached hydrogen (secondary N) is 1. The normalized spacial score (nSPS) is 14.7.